The standard InChI is InChI=1S/C14H21NO2/c1-2-16-13-7-3-4-8-14(13)17-11-12-6-5-9-15-10-12/h3-4,7-8,12,15H,2,5-6,9-11H2,1H3/t12-/m1/s1. The van der Waals surface area contributed by atoms with Crippen LogP contribution in [0.15, 0.2) is 24.3 Å². The van der Waals surface area contributed by atoms with E-state index >= 15 is 0 Å². The maximum atomic E-state index is 5.86. The topological polar surface area (TPSA) is 30.5 Å². The van der Waals surface area contributed by atoms with Crippen LogP contribution in [0.1, 0.15) is 19.8 Å². The van der Waals surface area contributed by atoms with Crippen molar-refractivity contribution < 1.29 is 9.47 Å². The Bertz CT molecular complexity index is 335. The van der Waals surface area contributed by atoms with Crippen LogP contribution in [0.4, 0.5) is 0 Å². The predicted molar refractivity (Wildman–Crippen MR) is 68.7 cm³/mol. The average Bonchev–Trinajstić information content (AvgIpc) is 2.39. The van der Waals surface area contributed by atoms with E-state index in [1.807, 2.05) is 31.2 Å². The van der Waals surface area contributed by atoms with E-state index in [9.17, 15) is 0 Å². The summed E-state index contributed by atoms with van der Waals surface area (Å²) in [5, 5.41) is 3.40. The van der Waals surface area contributed by atoms with Gasteiger partial charge in [-0.15, -0.1) is 0 Å². The molecule has 0 saturated carbocycles. The molecule has 1 aliphatic rings. The van der Waals surface area contributed by atoms with Crippen molar-refractivity contribution >= 4 is 0 Å². The van der Waals surface area contributed by atoms with E-state index in [2.05, 4.69) is 5.32 Å². The van der Waals surface area contributed by atoms with Crippen LogP contribution in [0.5, 0.6) is 11.5 Å². The van der Waals surface area contributed by atoms with Gasteiger partial charge in [0.2, 0.25) is 0 Å². The van der Waals surface area contributed by atoms with Crippen molar-refractivity contribution in [3.05, 3.63) is 24.3 Å². The number of ether oxygens (including phenoxy) is 2. The Hall–Kier alpha value is -1.22. The second-order valence-corrected chi connectivity index (χ2v) is 4.40. The third-order valence-electron chi connectivity index (χ3n) is 3.02. The molecular formula is C14H21NO2. The summed E-state index contributed by atoms with van der Waals surface area (Å²) < 4.78 is 11.4. The van der Waals surface area contributed by atoms with Gasteiger partial charge in [-0.2, -0.15) is 0 Å². The molecule has 0 aliphatic carbocycles. The highest BCUT2D eigenvalue weighted by Gasteiger charge is 2.14. The molecule has 0 amide bonds. The molecule has 3 nitrogen and oxygen atoms in total. The fraction of sp³-hybridized carbons (Fsp3) is 0.571. The predicted octanol–water partition coefficient (Wildman–Crippen LogP) is 2.46. The Kier molecular flexibility index (Phi) is 4.68. The zero-order chi connectivity index (χ0) is 11.9. The number of hydrogen-bond acceptors (Lipinski definition) is 3. The van der Waals surface area contributed by atoms with Gasteiger partial charge in [0, 0.05) is 12.5 Å². The first kappa shape index (κ1) is 12.2. The quantitative estimate of drug-likeness (QED) is 0.850. The zero-order valence-corrected chi connectivity index (χ0v) is 10.4. The number of hydrogen-bond donors (Lipinski definition) is 1. The molecule has 2 rings (SSSR count). The van der Waals surface area contributed by atoms with Gasteiger partial charge in [0.1, 0.15) is 0 Å². The molecule has 1 aromatic carbocycles. The summed E-state index contributed by atoms with van der Waals surface area (Å²) in [6.45, 7) is 5.65. The molecule has 17 heavy (non-hydrogen) atoms. The van der Waals surface area contributed by atoms with Gasteiger partial charge < -0.3 is 14.8 Å². The molecule has 1 heterocycles. The van der Waals surface area contributed by atoms with E-state index in [4.69, 9.17) is 9.47 Å². The molecule has 0 radical (unpaired) electrons. The van der Waals surface area contributed by atoms with E-state index in [1.54, 1.807) is 0 Å². The van der Waals surface area contributed by atoms with Crippen LogP contribution in [0.2, 0.25) is 0 Å². The molecule has 1 saturated heterocycles. The minimum absolute atomic E-state index is 0.624. The van der Waals surface area contributed by atoms with Gasteiger partial charge in [-0.05, 0) is 38.4 Å². The lowest BCUT2D eigenvalue weighted by atomic mass is 10.0. The lowest BCUT2D eigenvalue weighted by Crippen LogP contribution is -2.33. The minimum Gasteiger partial charge on any atom is -0.490 e. The molecule has 1 fully saturated rings. The van der Waals surface area contributed by atoms with Crippen LogP contribution < -0.4 is 14.8 Å². The maximum Gasteiger partial charge on any atom is 0.161 e. The van der Waals surface area contributed by atoms with E-state index in [0.29, 0.717) is 12.5 Å². The molecule has 94 valence electrons. The summed E-state index contributed by atoms with van der Waals surface area (Å²) in [4.78, 5) is 0. The Morgan fingerprint density at radius 1 is 1.24 bits per heavy atom. The third-order valence-corrected chi connectivity index (χ3v) is 3.02. The fourth-order valence-corrected chi connectivity index (χ4v) is 2.12. The first-order chi connectivity index (χ1) is 8.40. The average molecular weight is 235 g/mol. The highest BCUT2D eigenvalue weighted by molar-refractivity contribution is 5.39. The number of piperidine rings is 1. The summed E-state index contributed by atoms with van der Waals surface area (Å²) in [5.41, 5.74) is 0. The molecule has 0 spiro atoms. The van der Waals surface area contributed by atoms with Crippen molar-refractivity contribution in [1.82, 2.24) is 5.32 Å². The first-order valence-corrected chi connectivity index (χ1v) is 6.45. The summed E-state index contributed by atoms with van der Waals surface area (Å²) in [5.74, 6) is 2.33. The van der Waals surface area contributed by atoms with Gasteiger partial charge in [-0.25, -0.2) is 0 Å². The van der Waals surface area contributed by atoms with Crippen molar-refractivity contribution in [2.45, 2.75) is 19.8 Å². The Morgan fingerprint density at radius 2 is 2.00 bits per heavy atom. The van der Waals surface area contributed by atoms with Crippen LogP contribution >= 0.6 is 0 Å². The van der Waals surface area contributed by atoms with Gasteiger partial charge in [0.05, 0.1) is 13.2 Å². The van der Waals surface area contributed by atoms with Crippen molar-refractivity contribution in [2.24, 2.45) is 5.92 Å². The summed E-state index contributed by atoms with van der Waals surface area (Å²) >= 11 is 0. The van der Waals surface area contributed by atoms with E-state index in [0.717, 1.165) is 31.2 Å². The molecule has 1 atom stereocenters. The monoisotopic (exact) mass is 235 g/mol. The van der Waals surface area contributed by atoms with Gasteiger partial charge in [-0.1, -0.05) is 12.1 Å². The highest BCUT2D eigenvalue weighted by Crippen LogP contribution is 2.27. The van der Waals surface area contributed by atoms with Gasteiger partial charge in [0.25, 0.3) is 0 Å². The van der Waals surface area contributed by atoms with Gasteiger partial charge >= 0.3 is 0 Å². The second kappa shape index (κ2) is 6.50. The molecular weight excluding hydrogens is 214 g/mol. The summed E-state index contributed by atoms with van der Waals surface area (Å²) in [6.07, 6.45) is 2.50. The van der Waals surface area contributed by atoms with Crippen molar-refractivity contribution in [3.63, 3.8) is 0 Å². The third kappa shape index (κ3) is 3.63. The molecule has 1 N–H and O–H groups in total. The fourth-order valence-electron chi connectivity index (χ4n) is 2.12. The Balaban J connectivity index is 1.88. The molecule has 3 heteroatoms. The molecule has 0 unspecified atom stereocenters. The zero-order valence-electron chi connectivity index (χ0n) is 10.4. The SMILES string of the molecule is CCOc1ccccc1OC[C@@H]1CCCNC1. The van der Waals surface area contributed by atoms with Crippen molar-refractivity contribution in [2.75, 3.05) is 26.3 Å². The van der Waals surface area contributed by atoms with Crippen LogP contribution in [-0.2, 0) is 0 Å². The smallest absolute Gasteiger partial charge is 0.161 e. The number of rotatable bonds is 5. The first-order valence-electron chi connectivity index (χ1n) is 6.45. The second-order valence-electron chi connectivity index (χ2n) is 4.40. The van der Waals surface area contributed by atoms with E-state index in [1.165, 1.54) is 12.8 Å². The lowest BCUT2D eigenvalue weighted by molar-refractivity contribution is 0.208. The highest BCUT2D eigenvalue weighted by atomic mass is 16.5. The largest absolute Gasteiger partial charge is 0.490 e. The van der Waals surface area contributed by atoms with Crippen LogP contribution in [0, 0.1) is 5.92 Å². The normalized spacial score (nSPS) is 19.9. The van der Waals surface area contributed by atoms with Crippen LogP contribution in [-0.4, -0.2) is 26.3 Å². The summed E-state index contributed by atoms with van der Waals surface area (Å²) in [7, 11) is 0. The maximum absolute atomic E-state index is 5.86. The van der Waals surface area contributed by atoms with E-state index in [-0.39, 0.29) is 0 Å². The van der Waals surface area contributed by atoms with Crippen LogP contribution in [0.25, 0.3) is 0 Å². The molecule has 0 bridgehead atoms. The van der Waals surface area contributed by atoms with Gasteiger partial charge in [0.15, 0.2) is 11.5 Å². The lowest BCUT2D eigenvalue weighted by Gasteiger charge is -2.23. The molecule has 1 aromatic rings. The Labute approximate surface area is 103 Å². The number of benzene rings is 1. The Morgan fingerprint density at radius 3 is 2.65 bits per heavy atom. The van der Waals surface area contributed by atoms with Crippen LogP contribution in [0.3, 0.4) is 0 Å². The van der Waals surface area contributed by atoms with Crippen molar-refractivity contribution in [3.8, 4) is 11.5 Å². The minimum atomic E-state index is 0.624. The van der Waals surface area contributed by atoms with Crippen molar-refractivity contribution in [1.29, 1.82) is 0 Å². The number of para-hydroxylation sites is 2. The molecule has 1 aliphatic heterocycles. The summed E-state index contributed by atoms with van der Waals surface area (Å²) in [6, 6.07) is 7.89. The number of nitrogens with one attached hydrogen (secondary N) is 1. The van der Waals surface area contributed by atoms with E-state index < -0.39 is 0 Å². The molecule has 0 aromatic heterocycles. The van der Waals surface area contributed by atoms with Gasteiger partial charge in [-0.3, -0.25) is 0 Å².